The zero-order valence-electron chi connectivity index (χ0n) is 41.7. The fraction of sp³-hybridized carbons (Fsp3) is 0.258. The Bertz CT molecular complexity index is 3090. The van der Waals surface area contributed by atoms with Gasteiger partial charge in [0.05, 0.1) is 50.3 Å². The molecule has 0 atom stereocenters. The first kappa shape index (κ1) is 48.9. The summed E-state index contributed by atoms with van der Waals surface area (Å²) in [7, 11) is 4.93. The number of anilines is 2. The number of benzene rings is 7. The average molecular weight is 935 g/mol. The van der Waals surface area contributed by atoms with Crippen LogP contribution in [-0.4, -0.2) is 49.3 Å². The third kappa shape index (κ3) is 10.4. The van der Waals surface area contributed by atoms with Crippen molar-refractivity contribution in [1.29, 1.82) is 0 Å². The molecular weight excluding hydrogens is 869 g/mol. The van der Waals surface area contributed by atoms with Crippen LogP contribution in [0.3, 0.4) is 0 Å². The molecule has 2 heterocycles. The summed E-state index contributed by atoms with van der Waals surface area (Å²) >= 11 is 0. The largest absolute Gasteiger partial charge is 0.505 e. The lowest BCUT2D eigenvalue weighted by Crippen LogP contribution is -2.19. The number of aryl methyl sites for hydroxylation is 2. The minimum Gasteiger partial charge on any atom is -0.505 e. The monoisotopic (exact) mass is 934 g/mol. The van der Waals surface area contributed by atoms with E-state index < -0.39 is 0 Å². The predicted molar refractivity (Wildman–Crippen MR) is 289 cm³/mol. The van der Waals surface area contributed by atoms with Gasteiger partial charge >= 0.3 is 0 Å². The minimum absolute atomic E-state index is 0.198. The van der Waals surface area contributed by atoms with Crippen LogP contribution in [0.2, 0.25) is 0 Å². The van der Waals surface area contributed by atoms with Crippen LogP contribution in [0.4, 0.5) is 11.4 Å². The zero-order valence-corrected chi connectivity index (χ0v) is 41.7. The molecule has 1 aromatic heterocycles. The number of aromatic nitrogens is 1. The highest BCUT2D eigenvalue weighted by molar-refractivity contribution is 6.09. The summed E-state index contributed by atoms with van der Waals surface area (Å²) in [6, 6.07) is 44.6. The van der Waals surface area contributed by atoms with Crippen LogP contribution in [0, 0.1) is 19.8 Å². The van der Waals surface area contributed by atoms with Crippen molar-refractivity contribution < 1.29 is 29.2 Å². The molecule has 8 aromatic rings. The molecule has 1 saturated carbocycles. The van der Waals surface area contributed by atoms with Crippen molar-refractivity contribution in [3.63, 3.8) is 0 Å². The molecule has 1 aliphatic carbocycles. The number of nitrogens with zero attached hydrogens (tertiary/aromatic N) is 2. The number of methoxy groups -OCH3 is 3. The van der Waals surface area contributed by atoms with E-state index in [2.05, 4.69) is 95.3 Å². The fourth-order valence-corrected chi connectivity index (χ4v) is 9.84. The van der Waals surface area contributed by atoms with Crippen molar-refractivity contribution in [2.75, 3.05) is 39.4 Å². The number of rotatable bonds is 10. The number of ether oxygens (including phenoxy) is 4. The number of aromatic hydroxyl groups is 2. The molecule has 0 radical (unpaired) electrons. The summed E-state index contributed by atoms with van der Waals surface area (Å²) in [6.45, 7) is 9.47. The van der Waals surface area contributed by atoms with Gasteiger partial charge in [-0.15, -0.1) is 0 Å². The summed E-state index contributed by atoms with van der Waals surface area (Å²) in [5, 5.41) is 25.6. The molecule has 2 aliphatic rings. The molecule has 70 heavy (non-hydrogen) atoms. The van der Waals surface area contributed by atoms with E-state index in [1.165, 1.54) is 37.7 Å². The fourth-order valence-electron chi connectivity index (χ4n) is 9.84. The Balaban J connectivity index is 0.000000184. The third-order valence-corrected chi connectivity index (χ3v) is 13.2. The Morgan fingerprint density at radius 3 is 1.70 bits per heavy atom. The van der Waals surface area contributed by atoms with Crippen molar-refractivity contribution in [2.45, 2.75) is 66.2 Å². The van der Waals surface area contributed by atoms with E-state index in [1.54, 1.807) is 21.3 Å². The number of phenolic OH excluding ortho intramolecular Hbond substituents is 2. The van der Waals surface area contributed by atoms with Crippen molar-refractivity contribution in [2.24, 2.45) is 5.92 Å². The van der Waals surface area contributed by atoms with Crippen LogP contribution in [0.25, 0.3) is 49.7 Å². The van der Waals surface area contributed by atoms with Gasteiger partial charge in [0.1, 0.15) is 34.5 Å². The van der Waals surface area contributed by atoms with E-state index in [4.69, 9.17) is 18.9 Å². The Hall–Kier alpha value is -7.58. The minimum atomic E-state index is 0.198. The first-order valence-electron chi connectivity index (χ1n) is 24.6. The zero-order chi connectivity index (χ0) is 49.1. The topological polar surface area (TPSA) is 85.6 Å². The quantitative estimate of drug-likeness (QED) is 0.141. The number of hydrogen-bond acceptors (Lipinski definition) is 7. The highest BCUT2D eigenvalue weighted by Gasteiger charge is 2.24. The maximum absolute atomic E-state index is 11.8. The van der Waals surface area contributed by atoms with Gasteiger partial charge in [-0.25, -0.2) is 0 Å². The highest BCUT2D eigenvalue weighted by atomic mass is 16.5. The first-order chi connectivity index (χ1) is 34.3. The van der Waals surface area contributed by atoms with Crippen LogP contribution < -0.4 is 23.8 Å². The Morgan fingerprint density at radius 1 is 0.529 bits per heavy atom. The Labute approximate surface area is 413 Å². The van der Waals surface area contributed by atoms with E-state index in [9.17, 15) is 10.2 Å². The van der Waals surface area contributed by atoms with Crippen molar-refractivity contribution >= 4 is 33.2 Å². The number of allylic oxidation sites excluding steroid dienone is 3. The molecule has 0 spiro atoms. The van der Waals surface area contributed by atoms with E-state index >= 15 is 0 Å². The van der Waals surface area contributed by atoms with Gasteiger partial charge in [-0.1, -0.05) is 112 Å². The van der Waals surface area contributed by atoms with Gasteiger partial charge in [0, 0.05) is 45.3 Å². The van der Waals surface area contributed by atoms with Gasteiger partial charge < -0.3 is 38.6 Å². The molecule has 0 bridgehead atoms. The lowest BCUT2D eigenvalue weighted by molar-refractivity contribution is 0.209. The standard InChI is InChI=1S/C33H37NO3.C27H23NO3.C2H6/c1-24-20-29(28-22-27(36-2)17-18-32(28)37-23-25-12-6-5-7-13-25)33(35)31(21-24)34-19-11-4-3-8-14-26-15-9-10-16-30(26)34;1-17-14-22(21-16-18(30-2)12-13-26(21)31-3)27(29)25(15-17)28-23-10-6-4-8-19(23)20-9-5-7-11-24(20)28;1-2/h3-4,8-11,15-18,20-22,25,35H,5-7,12-14,19,23H2,1-2H3;4-16,29H,1-3H3;1-2H3/b8-3-,11-4-;;. The van der Waals surface area contributed by atoms with E-state index in [0.29, 0.717) is 36.1 Å². The molecular formula is C62H66N2O6. The number of para-hydroxylation sites is 3. The normalized spacial score (nSPS) is 14.4. The van der Waals surface area contributed by atoms with E-state index in [1.807, 2.05) is 99.6 Å². The van der Waals surface area contributed by atoms with Crippen LogP contribution in [0.5, 0.6) is 34.5 Å². The van der Waals surface area contributed by atoms with E-state index in [0.717, 1.165) is 84.6 Å². The SMILES string of the molecule is CC.COc1ccc(OC)c(-c2cc(C)cc(-n3c4ccccc4c4ccccc43)c2O)c1.COc1ccc(OCC2CCCCC2)c(-c2cc(C)cc(N3C/C=C\C=C/Cc4ccccc43)c2O)c1. The van der Waals surface area contributed by atoms with Crippen molar-refractivity contribution in [3.05, 3.63) is 174 Å². The summed E-state index contributed by atoms with van der Waals surface area (Å²) in [6.07, 6.45) is 15.7. The number of fused-ring (bicyclic) bond motifs is 4. The van der Waals surface area contributed by atoms with Crippen LogP contribution in [-0.2, 0) is 6.42 Å². The lowest BCUT2D eigenvalue weighted by atomic mass is 9.90. The molecule has 8 nitrogen and oxygen atoms in total. The predicted octanol–water partition coefficient (Wildman–Crippen LogP) is 15.7. The lowest BCUT2D eigenvalue weighted by Gasteiger charge is -2.28. The molecule has 0 amide bonds. The van der Waals surface area contributed by atoms with E-state index in [-0.39, 0.29) is 11.5 Å². The summed E-state index contributed by atoms with van der Waals surface area (Å²) in [4.78, 5) is 2.20. The van der Waals surface area contributed by atoms with Crippen LogP contribution in [0.1, 0.15) is 62.6 Å². The second kappa shape index (κ2) is 22.7. The van der Waals surface area contributed by atoms with Gasteiger partial charge in [0.2, 0.25) is 0 Å². The van der Waals surface area contributed by atoms with Crippen molar-refractivity contribution in [1.82, 2.24) is 4.57 Å². The molecule has 2 N–H and O–H groups in total. The maximum Gasteiger partial charge on any atom is 0.147 e. The third-order valence-electron chi connectivity index (χ3n) is 13.2. The molecule has 8 heteroatoms. The second-order valence-electron chi connectivity index (χ2n) is 17.8. The van der Waals surface area contributed by atoms with Crippen LogP contribution in [0.15, 0.2) is 158 Å². The smallest absolute Gasteiger partial charge is 0.147 e. The number of hydrogen-bond donors (Lipinski definition) is 2. The Kier molecular flexibility index (Phi) is 15.8. The first-order valence-corrected chi connectivity index (χ1v) is 24.6. The molecule has 10 rings (SSSR count). The van der Waals surface area contributed by atoms with Gasteiger partial charge in [0.25, 0.3) is 0 Å². The second-order valence-corrected chi connectivity index (χ2v) is 17.8. The highest BCUT2D eigenvalue weighted by Crippen LogP contribution is 2.47. The average Bonchev–Trinajstić information content (AvgIpc) is 3.78. The molecule has 7 aromatic carbocycles. The molecule has 1 aliphatic heterocycles. The van der Waals surface area contributed by atoms with Gasteiger partial charge in [-0.3, -0.25) is 0 Å². The Morgan fingerprint density at radius 2 is 1.07 bits per heavy atom. The molecule has 0 unspecified atom stereocenters. The molecule has 1 fully saturated rings. The molecule has 0 saturated heterocycles. The summed E-state index contributed by atoms with van der Waals surface area (Å²) < 4.78 is 25.1. The molecule has 360 valence electrons. The van der Waals surface area contributed by atoms with Gasteiger partial charge in [0.15, 0.2) is 0 Å². The van der Waals surface area contributed by atoms with Crippen LogP contribution >= 0.6 is 0 Å². The number of phenols is 2. The van der Waals surface area contributed by atoms with Gasteiger partial charge in [-0.2, -0.15) is 0 Å². The summed E-state index contributed by atoms with van der Waals surface area (Å²) in [5.41, 5.74) is 11.1. The summed E-state index contributed by atoms with van der Waals surface area (Å²) in [5.74, 6) is 3.94. The van der Waals surface area contributed by atoms with Gasteiger partial charge in [-0.05, 0) is 135 Å². The maximum atomic E-state index is 11.8. The van der Waals surface area contributed by atoms with Crippen molar-refractivity contribution in [3.8, 4) is 62.4 Å².